The molecule has 350 valence electrons. The fourth-order valence-electron chi connectivity index (χ4n) is 10.9. The summed E-state index contributed by atoms with van der Waals surface area (Å²) in [6, 6.07) is 14.9. The third-order valence-electron chi connectivity index (χ3n) is 14.5. The van der Waals surface area contributed by atoms with Crippen LogP contribution in [0.4, 0.5) is 26.1 Å². The van der Waals surface area contributed by atoms with E-state index in [1.165, 1.54) is 0 Å². The topological polar surface area (TPSA) is 154 Å². The van der Waals surface area contributed by atoms with Gasteiger partial charge in [0.15, 0.2) is 17.3 Å². The Morgan fingerprint density at radius 1 is 0.940 bits per heavy atom. The summed E-state index contributed by atoms with van der Waals surface area (Å²) in [7, 11) is 1.79. The van der Waals surface area contributed by atoms with Gasteiger partial charge in [0.2, 0.25) is 5.91 Å². The number of carbonyl (C=O) groups is 2. The SMILES string of the molecule is CC(=O)N1CCc2c(c(N3CCCc4cc(-c5cnn(C)c5)c(C(F)F)cc43)nn2C2CCN([C@H]3CCN(c4ccc(C(=O)NC5CCC(Oc6ccc(C#N)c(Cl)c6)CC5)nn4)C3)CC2)C1. The Bertz CT molecular complexity index is 2690. The molecule has 0 spiro atoms. The molecule has 4 aliphatic heterocycles. The summed E-state index contributed by atoms with van der Waals surface area (Å²) >= 11 is 6.18. The van der Waals surface area contributed by atoms with Crippen LogP contribution in [0.3, 0.4) is 0 Å². The van der Waals surface area contributed by atoms with Gasteiger partial charge in [-0.15, -0.1) is 10.2 Å². The van der Waals surface area contributed by atoms with Crippen molar-refractivity contribution in [1.82, 2.24) is 44.9 Å². The van der Waals surface area contributed by atoms with E-state index in [1.807, 2.05) is 17.0 Å². The number of fused-ring (bicyclic) bond motifs is 2. The Kier molecular flexibility index (Phi) is 12.6. The number of hydrogen-bond donors (Lipinski definition) is 1. The van der Waals surface area contributed by atoms with E-state index >= 15 is 0 Å². The molecular formula is C49H55ClF2N12O3. The third kappa shape index (κ3) is 9.17. The van der Waals surface area contributed by atoms with Crippen molar-refractivity contribution in [2.75, 3.05) is 49.1 Å². The summed E-state index contributed by atoms with van der Waals surface area (Å²) in [5, 5.41) is 31.1. The Labute approximate surface area is 393 Å². The molecule has 1 N–H and O–H groups in total. The summed E-state index contributed by atoms with van der Waals surface area (Å²) < 4.78 is 39.5. The van der Waals surface area contributed by atoms with Gasteiger partial charge in [-0.25, -0.2) is 8.78 Å². The molecule has 3 aromatic heterocycles. The first-order chi connectivity index (χ1) is 32.5. The molecule has 7 heterocycles. The van der Waals surface area contributed by atoms with Crippen molar-refractivity contribution in [1.29, 1.82) is 5.26 Å². The monoisotopic (exact) mass is 932 g/mol. The number of carbonyl (C=O) groups excluding carboxylic acids is 2. The fraction of sp³-hybridized carbons (Fsp3) is 0.490. The van der Waals surface area contributed by atoms with Gasteiger partial charge in [-0.2, -0.15) is 15.5 Å². The number of nitriles is 1. The average molecular weight is 934 g/mol. The highest BCUT2D eigenvalue weighted by atomic mass is 35.5. The van der Waals surface area contributed by atoms with E-state index < -0.39 is 6.43 Å². The van der Waals surface area contributed by atoms with Crippen LogP contribution in [0.25, 0.3) is 11.1 Å². The second kappa shape index (κ2) is 18.9. The molecular weight excluding hydrogens is 878 g/mol. The minimum Gasteiger partial charge on any atom is -0.490 e. The van der Waals surface area contributed by atoms with Gasteiger partial charge in [-0.3, -0.25) is 23.9 Å². The molecule has 2 aromatic carbocycles. The maximum absolute atomic E-state index is 14.8. The lowest BCUT2D eigenvalue weighted by atomic mass is 9.92. The Hall–Kier alpha value is -6.12. The molecule has 10 rings (SSSR count). The van der Waals surface area contributed by atoms with Crippen molar-refractivity contribution in [3.63, 3.8) is 0 Å². The van der Waals surface area contributed by atoms with E-state index in [4.69, 9.17) is 26.7 Å². The zero-order valence-corrected chi connectivity index (χ0v) is 38.6. The number of halogens is 3. The lowest BCUT2D eigenvalue weighted by molar-refractivity contribution is -0.129. The highest BCUT2D eigenvalue weighted by Crippen LogP contribution is 2.44. The molecule has 1 aliphatic carbocycles. The van der Waals surface area contributed by atoms with Crippen molar-refractivity contribution >= 4 is 40.7 Å². The van der Waals surface area contributed by atoms with Gasteiger partial charge in [0.1, 0.15) is 11.8 Å². The Morgan fingerprint density at radius 2 is 1.75 bits per heavy atom. The lowest BCUT2D eigenvalue weighted by Crippen LogP contribution is -2.43. The number of nitrogens with zero attached hydrogens (tertiary/aromatic N) is 11. The smallest absolute Gasteiger partial charge is 0.272 e. The van der Waals surface area contributed by atoms with E-state index in [9.17, 15) is 18.4 Å². The van der Waals surface area contributed by atoms with Crippen LogP contribution in [-0.2, 0) is 31.2 Å². The summed E-state index contributed by atoms with van der Waals surface area (Å²) in [5.74, 6) is 1.96. The van der Waals surface area contributed by atoms with E-state index in [0.29, 0.717) is 65.3 Å². The first-order valence-corrected chi connectivity index (χ1v) is 23.9. The van der Waals surface area contributed by atoms with Gasteiger partial charge in [-0.1, -0.05) is 11.6 Å². The largest absolute Gasteiger partial charge is 0.490 e. The summed E-state index contributed by atoms with van der Waals surface area (Å²) in [6.07, 6.45) is 9.04. The van der Waals surface area contributed by atoms with Crippen LogP contribution < -0.4 is 19.9 Å². The molecule has 1 atom stereocenters. The van der Waals surface area contributed by atoms with Crippen LogP contribution in [0.5, 0.6) is 5.75 Å². The van der Waals surface area contributed by atoms with Crippen molar-refractivity contribution in [2.45, 2.75) is 108 Å². The first kappa shape index (κ1) is 44.7. The van der Waals surface area contributed by atoms with Crippen molar-refractivity contribution in [3.8, 4) is 22.9 Å². The second-order valence-electron chi connectivity index (χ2n) is 18.7. The molecule has 15 nitrogen and oxygen atoms in total. The van der Waals surface area contributed by atoms with Gasteiger partial charge in [0.25, 0.3) is 12.3 Å². The maximum Gasteiger partial charge on any atom is 0.272 e. The number of nitrogens with one attached hydrogen (secondary N) is 1. The quantitative estimate of drug-likeness (QED) is 0.148. The number of hydrogen-bond acceptors (Lipinski definition) is 11. The van der Waals surface area contributed by atoms with E-state index in [2.05, 4.69) is 46.1 Å². The van der Waals surface area contributed by atoms with Crippen molar-refractivity contribution in [2.24, 2.45) is 7.05 Å². The van der Waals surface area contributed by atoms with Crippen LogP contribution in [-0.4, -0.2) is 109 Å². The van der Waals surface area contributed by atoms with Crippen molar-refractivity contribution in [3.05, 3.63) is 93.5 Å². The molecule has 2 amide bonds. The molecule has 0 radical (unpaired) electrons. The molecule has 2 saturated heterocycles. The van der Waals surface area contributed by atoms with Crippen LogP contribution in [0, 0.1) is 11.3 Å². The Morgan fingerprint density at radius 3 is 2.45 bits per heavy atom. The number of likely N-dealkylation sites (tertiary alicyclic amines) is 1. The number of benzene rings is 2. The minimum atomic E-state index is -2.67. The number of amides is 2. The van der Waals surface area contributed by atoms with Crippen LogP contribution in [0.1, 0.15) is 109 Å². The Balaban J connectivity index is 0.762. The predicted molar refractivity (Wildman–Crippen MR) is 249 cm³/mol. The van der Waals surface area contributed by atoms with Crippen LogP contribution >= 0.6 is 11.6 Å². The average Bonchev–Trinajstić information content (AvgIpc) is 4.11. The zero-order valence-electron chi connectivity index (χ0n) is 37.9. The van der Waals surface area contributed by atoms with E-state index in [0.717, 1.165) is 118 Å². The highest BCUT2D eigenvalue weighted by Gasteiger charge is 2.37. The third-order valence-corrected chi connectivity index (χ3v) is 14.8. The molecule has 0 unspecified atom stereocenters. The van der Waals surface area contributed by atoms with Gasteiger partial charge >= 0.3 is 0 Å². The molecule has 18 heteroatoms. The normalized spacial score (nSPS) is 21.3. The van der Waals surface area contributed by atoms with Gasteiger partial charge in [0.05, 0.1) is 35.5 Å². The zero-order chi connectivity index (χ0) is 46.3. The van der Waals surface area contributed by atoms with Crippen LogP contribution in [0.2, 0.25) is 5.02 Å². The molecule has 3 fully saturated rings. The highest BCUT2D eigenvalue weighted by molar-refractivity contribution is 6.31. The van der Waals surface area contributed by atoms with E-state index in [-0.39, 0.29) is 35.6 Å². The number of aromatic nitrogens is 6. The number of piperidine rings is 1. The summed E-state index contributed by atoms with van der Waals surface area (Å²) in [5.41, 5.74) is 5.80. The van der Waals surface area contributed by atoms with E-state index in [1.54, 1.807) is 61.4 Å². The summed E-state index contributed by atoms with van der Waals surface area (Å²) in [4.78, 5) is 34.7. The number of anilines is 3. The second-order valence-corrected chi connectivity index (χ2v) is 19.1. The maximum atomic E-state index is 14.8. The molecule has 5 aliphatic rings. The molecule has 67 heavy (non-hydrogen) atoms. The molecule has 5 aromatic rings. The first-order valence-electron chi connectivity index (χ1n) is 23.6. The number of alkyl halides is 2. The molecule has 0 bridgehead atoms. The minimum absolute atomic E-state index is 0.00925. The van der Waals surface area contributed by atoms with Crippen LogP contribution in [0.15, 0.2) is 54.9 Å². The molecule has 1 saturated carbocycles. The number of aryl methyl sites for hydroxylation is 2. The summed E-state index contributed by atoms with van der Waals surface area (Å²) in [6.45, 7) is 6.82. The number of ether oxygens (including phenoxy) is 1. The number of rotatable bonds is 10. The fourth-order valence-corrected chi connectivity index (χ4v) is 11.1. The van der Waals surface area contributed by atoms with Gasteiger partial charge in [0, 0.05) is 112 Å². The van der Waals surface area contributed by atoms with Gasteiger partial charge in [-0.05, 0) is 105 Å². The predicted octanol–water partition coefficient (Wildman–Crippen LogP) is 7.56. The van der Waals surface area contributed by atoms with Crippen molar-refractivity contribution < 1.29 is 23.1 Å². The standard InChI is InChI=1S/C49H55ClF2N12O3/c1-30(65)61-21-16-44-41(29-61)48(63-17-3-4-31-22-39(33-26-54-59(2)27-33)40(47(51)52)24-45(31)63)58-64(44)35-13-18-60(19-14-35)36-15-20-62(28-36)46-12-11-43(56-57-46)49(66)55-34-6-9-37(10-7-34)67-38-8-5-32(25-53)42(50)23-38/h5,8,11-12,22-24,26-27,34-37,47H,3-4,6-7,9-10,13-21,28-29H2,1-2H3,(H,55,66)/t34?,36-,37?/m0/s1. The lowest BCUT2D eigenvalue weighted by Gasteiger charge is -2.37. The van der Waals surface area contributed by atoms with Gasteiger partial charge < -0.3 is 24.8 Å².